The Kier molecular flexibility index (Phi) is 3.72. The fraction of sp³-hybridized carbons (Fsp3) is 0.900. The number of hydrogen-bond donors (Lipinski definition) is 1. The van der Waals surface area contributed by atoms with E-state index in [-0.39, 0.29) is 12.0 Å². The van der Waals surface area contributed by atoms with E-state index in [1.807, 2.05) is 4.90 Å². The van der Waals surface area contributed by atoms with Gasteiger partial charge in [-0.15, -0.1) is 0 Å². The average molecular weight is 185 g/mol. The zero-order valence-electron chi connectivity index (χ0n) is 8.49. The largest absolute Gasteiger partial charge is 0.393 e. The van der Waals surface area contributed by atoms with Crippen LogP contribution in [0.3, 0.4) is 0 Å². The second-order valence-corrected chi connectivity index (χ2v) is 4.12. The molecular formula is C10H19NO2. The summed E-state index contributed by atoms with van der Waals surface area (Å²) in [4.78, 5) is 13.3. The molecule has 1 heterocycles. The molecule has 13 heavy (non-hydrogen) atoms. The molecule has 1 fully saturated rings. The van der Waals surface area contributed by atoms with Gasteiger partial charge in [0, 0.05) is 19.5 Å². The number of aliphatic hydroxyl groups is 1. The standard InChI is InChI=1S/C10H19NO2/c1-8-3-5-11(10(13)7-8)6-4-9(2)12/h8-9,12H,3-7H2,1-2H3. The van der Waals surface area contributed by atoms with E-state index in [0.29, 0.717) is 25.3 Å². The molecule has 0 aromatic carbocycles. The van der Waals surface area contributed by atoms with Gasteiger partial charge in [-0.1, -0.05) is 6.92 Å². The summed E-state index contributed by atoms with van der Waals surface area (Å²) in [6, 6.07) is 0. The highest BCUT2D eigenvalue weighted by atomic mass is 16.3. The maximum atomic E-state index is 11.5. The van der Waals surface area contributed by atoms with Crippen molar-refractivity contribution in [3.63, 3.8) is 0 Å². The van der Waals surface area contributed by atoms with Gasteiger partial charge in [0.25, 0.3) is 0 Å². The zero-order chi connectivity index (χ0) is 9.84. The monoisotopic (exact) mass is 185 g/mol. The molecular weight excluding hydrogens is 166 g/mol. The third-order valence-corrected chi connectivity index (χ3v) is 2.58. The first-order valence-electron chi connectivity index (χ1n) is 5.05. The highest BCUT2D eigenvalue weighted by Crippen LogP contribution is 2.17. The summed E-state index contributed by atoms with van der Waals surface area (Å²) in [7, 11) is 0. The summed E-state index contributed by atoms with van der Waals surface area (Å²) < 4.78 is 0. The lowest BCUT2D eigenvalue weighted by molar-refractivity contribution is -0.135. The molecule has 1 aliphatic rings. The van der Waals surface area contributed by atoms with Crippen LogP contribution in [0, 0.1) is 5.92 Å². The number of hydrogen-bond acceptors (Lipinski definition) is 2. The average Bonchev–Trinajstić information content (AvgIpc) is 2.02. The molecule has 1 rings (SSSR count). The molecule has 1 aliphatic heterocycles. The summed E-state index contributed by atoms with van der Waals surface area (Å²) in [5.74, 6) is 0.787. The van der Waals surface area contributed by atoms with E-state index in [9.17, 15) is 4.79 Å². The minimum absolute atomic E-state index is 0.249. The summed E-state index contributed by atoms with van der Waals surface area (Å²) in [6.45, 7) is 5.46. The normalized spacial score (nSPS) is 26.2. The Bertz CT molecular complexity index is 180. The van der Waals surface area contributed by atoms with Crippen LogP contribution in [0.25, 0.3) is 0 Å². The van der Waals surface area contributed by atoms with Gasteiger partial charge in [0.15, 0.2) is 0 Å². The Morgan fingerprint density at radius 3 is 2.92 bits per heavy atom. The summed E-state index contributed by atoms with van der Waals surface area (Å²) in [5.41, 5.74) is 0. The molecule has 0 aromatic rings. The van der Waals surface area contributed by atoms with Gasteiger partial charge in [-0.25, -0.2) is 0 Å². The molecule has 2 unspecified atom stereocenters. The highest BCUT2D eigenvalue weighted by Gasteiger charge is 2.22. The lowest BCUT2D eigenvalue weighted by Crippen LogP contribution is -2.39. The first-order valence-corrected chi connectivity index (χ1v) is 5.05. The second kappa shape index (κ2) is 4.61. The van der Waals surface area contributed by atoms with Crippen LogP contribution < -0.4 is 0 Å². The smallest absolute Gasteiger partial charge is 0.222 e. The molecule has 3 nitrogen and oxygen atoms in total. The van der Waals surface area contributed by atoms with Gasteiger partial charge >= 0.3 is 0 Å². The molecule has 0 bridgehead atoms. The van der Waals surface area contributed by atoms with Gasteiger partial charge in [0.1, 0.15) is 0 Å². The van der Waals surface area contributed by atoms with Crippen LogP contribution in [-0.2, 0) is 4.79 Å². The summed E-state index contributed by atoms with van der Waals surface area (Å²) >= 11 is 0. The molecule has 1 amide bonds. The van der Waals surface area contributed by atoms with Gasteiger partial charge in [0.05, 0.1) is 6.10 Å². The molecule has 0 radical (unpaired) electrons. The van der Waals surface area contributed by atoms with Crippen LogP contribution in [0.1, 0.15) is 33.1 Å². The quantitative estimate of drug-likeness (QED) is 0.713. The number of piperidine rings is 1. The van der Waals surface area contributed by atoms with Crippen molar-refractivity contribution in [2.45, 2.75) is 39.2 Å². The number of aliphatic hydroxyl groups excluding tert-OH is 1. The van der Waals surface area contributed by atoms with Crippen molar-refractivity contribution < 1.29 is 9.90 Å². The number of rotatable bonds is 3. The Balaban J connectivity index is 2.30. The topological polar surface area (TPSA) is 40.5 Å². The zero-order valence-corrected chi connectivity index (χ0v) is 8.49. The van der Waals surface area contributed by atoms with Crippen LogP contribution in [-0.4, -0.2) is 35.1 Å². The van der Waals surface area contributed by atoms with Crippen molar-refractivity contribution in [3.05, 3.63) is 0 Å². The van der Waals surface area contributed by atoms with Crippen LogP contribution in [0.15, 0.2) is 0 Å². The molecule has 76 valence electrons. The van der Waals surface area contributed by atoms with Gasteiger partial charge in [-0.2, -0.15) is 0 Å². The van der Waals surface area contributed by atoms with Crippen LogP contribution in [0.4, 0.5) is 0 Å². The van der Waals surface area contributed by atoms with Crippen LogP contribution in [0.5, 0.6) is 0 Å². The molecule has 0 spiro atoms. The molecule has 0 aliphatic carbocycles. The van der Waals surface area contributed by atoms with Gasteiger partial charge in [-0.05, 0) is 25.7 Å². The minimum Gasteiger partial charge on any atom is -0.393 e. The third kappa shape index (κ3) is 3.35. The molecule has 0 saturated carbocycles. The van der Waals surface area contributed by atoms with E-state index in [0.717, 1.165) is 13.0 Å². The number of nitrogens with zero attached hydrogens (tertiary/aromatic N) is 1. The van der Waals surface area contributed by atoms with Gasteiger partial charge < -0.3 is 10.0 Å². The lowest BCUT2D eigenvalue weighted by atomic mass is 9.98. The fourth-order valence-corrected chi connectivity index (χ4v) is 1.61. The predicted molar refractivity (Wildman–Crippen MR) is 51.3 cm³/mol. The van der Waals surface area contributed by atoms with E-state index in [1.54, 1.807) is 6.92 Å². The van der Waals surface area contributed by atoms with Crippen molar-refractivity contribution >= 4 is 5.91 Å². The molecule has 1 saturated heterocycles. The van der Waals surface area contributed by atoms with Crippen LogP contribution in [0.2, 0.25) is 0 Å². The fourth-order valence-electron chi connectivity index (χ4n) is 1.61. The second-order valence-electron chi connectivity index (χ2n) is 4.12. The predicted octanol–water partition coefficient (Wildman–Crippen LogP) is 1.02. The highest BCUT2D eigenvalue weighted by molar-refractivity contribution is 5.77. The SMILES string of the molecule is CC(O)CCN1CCC(C)CC1=O. The number of carbonyl (C=O) groups excluding carboxylic acids is 1. The van der Waals surface area contributed by atoms with E-state index in [2.05, 4.69) is 6.92 Å². The van der Waals surface area contributed by atoms with Gasteiger partial charge in [0.2, 0.25) is 5.91 Å². The van der Waals surface area contributed by atoms with Crippen molar-refractivity contribution in [1.29, 1.82) is 0 Å². The molecule has 3 heteroatoms. The number of likely N-dealkylation sites (tertiary alicyclic amines) is 1. The van der Waals surface area contributed by atoms with Gasteiger partial charge in [-0.3, -0.25) is 4.79 Å². The summed E-state index contributed by atoms with van der Waals surface area (Å²) in [5, 5.41) is 9.08. The summed E-state index contributed by atoms with van der Waals surface area (Å²) in [6.07, 6.45) is 2.18. The van der Waals surface area contributed by atoms with E-state index in [4.69, 9.17) is 5.11 Å². The first-order chi connectivity index (χ1) is 6.09. The Hall–Kier alpha value is -0.570. The number of carbonyl (C=O) groups is 1. The maximum absolute atomic E-state index is 11.5. The first kappa shape index (κ1) is 10.5. The van der Waals surface area contributed by atoms with E-state index >= 15 is 0 Å². The Labute approximate surface area is 79.7 Å². The van der Waals surface area contributed by atoms with Crippen molar-refractivity contribution in [3.8, 4) is 0 Å². The minimum atomic E-state index is -0.299. The van der Waals surface area contributed by atoms with Crippen LogP contribution >= 0.6 is 0 Å². The van der Waals surface area contributed by atoms with Crippen molar-refractivity contribution in [1.82, 2.24) is 4.90 Å². The molecule has 1 N–H and O–H groups in total. The molecule has 2 atom stereocenters. The van der Waals surface area contributed by atoms with E-state index in [1.165, 1.54) is 0 Å². The van der Waals surface area contributed by atoms with Crippen molar-refractivity contribution in [2.75, 3.05) is 13.1 Å². The third-order valence-electron chi connectivity index (χ3n) is 2.58. The maximum Gasteiger partial charge on any atom is 0.222 e. The Morgan fingerprint density at radius 1 is 1.69 bits per heavy atom. The Morgan fingerprint density at radius 2 is 2.38 bits per heavy atom. The molecule has 0 aromatic heterocycles. The van der Waals surface area contributed by atoms with Crippen molar-refractivity contribution in [2.24, 2.45) is 5.92 Å². The van der Waals surface area contributed by atoms with E-state index < -0.39 is 0 Å². The number of amides is 1. The lowest BCUT2D eigenvalue weighted by Gasteiger charge is -2.30.